The number of ether oxygens (including phenoxy) is 2. The summed E-state index contributed by atoms with van der Waals surface area (Å²) in [4.78, 5) is 11.5. The van der Waals surface area contributed by atoms with Crippen LogP contribution in [0.5, 0.6) is 11.5 Å². The van der Waals surface area contributed by atoms with Crippen LogP contribution < -0.4 is 15.2 Å². The molecule has 0 amide bonds. The summed E-state index contributed by atoms with van der Waals surface area (Å²) in [5.41, 5.74) is 11.6. The van der Waals surface area contributed by atoms with Crippen LogP contribution in [0, 0.1) is 0 Å². The predicted molar refractivity (Wildman–Crippen MR) is 122 cm³/mol. The van der Waals surface area contributed by atoms with Crippen molar-refractivity contribution in [3.8, 4) is 11.5 Å². The fraction of sp³-hybridized carbons (Fsp3) is 0.292. The first-order valence-corrected chi connectivity index (χ1v) is 10.6. The standard InChI is InChI=1S/C24H26N6O2/c1-31-20-11-17-8-9-29(14-18(17)12-21(20)32-2)15-19-13-26-24(25)30-23(19)27-22(28-30)10-16-6-4-3-5-7-16/h3-7,11-13H,8-10,14-15H2,1-2H3,(H2,25,26). The Hall–Kier alpha value is -3.65. The van der Waals surface area contributed by atoms with Gasteiger partial charge in [0.15, 0.2) is 23.0 Å². The summed E-state index contributed by atoms with van der Waals surface area (Å²) in [7, 11) is 3.34. The van der Waals surface area contributed by atoms with Crippen LogP contribution in [0.25, 0.3) is 5.65 Å². The van der Waals surface area contributed by atoms with E-state index in [1.165, 1.54) is 11.1 Å². The number of hydrogen-bond donors (Lipinski definition) is 1. The van der Waals surface area contributed by atoms with Crippen molar-refractivity contribution in [2.24, 2.45) is 0 Å². The second-order valence-electron chi connectivity index (χ2n) is 8.00. The summed E-state index contributed by atoms with van der Waals surface area (Å²) < 4.78 is 12.6. The zero-order valence-corrected chi connectivity index (χ0v) is 18.3. The number of benzene rings is 2. The summed E-state index contributed by atoms with van der Waals surface area (Å²) in [6.07, 6.45) is 3.41. The highest BCUT2D eigenvalue weighted by atomic mass is 16.5. The van der Waals surface area contributed by atoms with E-state index in [1.54, 1.807) is 18.7 Å². The van der Waals surface area contributed by atoms with Crippen molar-refractivity contribution >= 4 is 11.6 Å². The van der Waals surface area contributed by atoms with Crippen LogP contribution in [0.4, 0.5) is 5.95 Å². The first-order valence-electron chi connectivity index (χ1n) is 10.6. The molecule has 4 aromatic rings. The average molecular weight is 431 g/mol. The van der Waals surface area contributed by atoms with Crippen molar-refractivity contribution in [3.63, 3.8) is 0 Å². The molecule has 32 heavy (non-hydrogen) atoms. The summed E-state index contributed by atoms with van der Waals surface area (Å²) in [6.45, 7) is 2.47. The molecule has 0 unspecified atom stereocenters. The van der Waals surface area contributed by atoms with E-state index in [2.05, 4.69) is 39.2 Å². The third kappa shape index (κ3) is 3.85. The highest BCUT2D eigenvalue weighted by Crippen LogP contribution is 2.33. The molecule has 2 N–H and O–H groups in total. The van der Waals surface area contributed by atoms with Gasteiger partial charge in [-0.2, -0.15) is 4.52 Å². The maximum atomic E-state index is 6.10. The Kier molecular flexibility index (Phi) is 5.36. The largest absolute Gasteiger partial charge is 0.493 e. The Balaban J connectivity index is 1.40. The normalized spacial score (nSPS) is 13.8. The fourth-order valence-electron chi connectivity index (χ4n) is 4.26. The maximum Gasteiger partial charge on any atom is 0.223 e. The molecule has 8 heteroatoms. The van der Waals surface area contributed by atoms with Gasteiger partial charge in [-0.15, -0.1) is 5.10 Å². The summed E-state index contributed by atoms with van der Waals surface area (Å²) in [6, 6.07) is 14.3. The van der Waals surface area contributed by atoms with Crippen molar-refractivity contribution < 1.29 is 9.47 Å². The third-order valence-corrected chi connectivity index (χ3v) is 5.90. The SMILES string of the molecule is COc1cc2c(cc1OC)CN(Cc1cnc(N)n3nc(Cc4ccccc4)nc13)CC2. The van der Waals surface area contributed by atoms with E-state index in [9.17, 15) is 0 Å². The lowest BCUT2D eigenvalue weighted by molar-refractivity contribution is 0.244. The van der Waals surface area contributed by atoms with E-state index in [1.807, 2.05) is 24.4 Å². The lowest BCUT2D eigenvalue weighted by Crippen LogP contribution is -2.30. The number of methoxy groups -OCH3 is 2. The molecule has 0 saturated carbocycles. The number of nitrogens with two attached hydrogens (primary N) is 1. The Labute approximate surface area is 186 Å². The van der Waals surface area contributed by atoms with Gasteiger partial charge >= 0.3 is 0 Å². The molecule has 2 aromatic carbocycles. The summed E-state index contributed by atoms with van der Waals surface area (Å²) >= 11 is 0. The number of fused-ring (bicyclic) bond motifs is 2. The molecule has 8 nitrogen and oxygen atoms in total. The molecule has 0 bridgehead atoms. The van der Waals surface area contributed by atoms with Gasteiger partial charge in [0.05, 0.1) is 14.2 Å². The van der Waals surface area contributed by atoms with E-state index in [0.717, 1.165) is 53.6 Å². The van der Waals surface area contributed by atoms with E-state index in [-0.39, 0.29) is 0 Å². The van der Waals surface area contributed by atoms with Gasteiger partial charge in [0.1, 0.15) is 0 Å². The van der Waals surface area contributed by atoms with E-state index >= 15 is 0 Å². The minimum atomic E-state index is 0.344. The topological polar surface area (TPSA) is 90.8 Å². The molecule has 1 aliphatic heterocycles. The van der Waals surface area contributed by atoms with Crippen LogP contribution in [0.1, 0.15) is 28.1 Å². The maximum absolute atomic E-state index is 6.10. The zero-order valence-electron chi connectivity index (χ0n) is 18.3. The number of nitrogens with zero attached hydrogens (tertiary/aromatic N) is 5. The highest BCUT2D eigenvalue weighted by molar-refractivity contribution is 5.51. The second kappa shape index (κ2) is 8.47. The van der Waals surface area contributed by atoms with Crippen LogP contribution >= 0.6 is 0 Å². The van der Waals surface area contributed by atoms with Crippen LogP contribution in [0.2, 0.25) is 0 Å². The Morgan fingerprint density at radius 2 is 1.78 bits per heavy atom. The number of nitrogen functional groups attached to an aromatic ring is 1. The van der Waals surface area contributed by atoms with Gasteiger partial charge in [0.2, 0.25) is 5.95 Å². The first-order chi connectivity index (χ1) is 15.6. The Morgan fingerprint density at radius 3 is 2.53 bits per heavy atom. The molecule has 5 rings (SSSR count). The minimum Gasteiger partial charge on any atom is -0.493 e. The molecule has 0 radical (unpaired) electrons. The Bertz CT molecular complexity index is 1250. The third-order valence-electron chi connectivity index (χ3n) is 5.90. The van der Waals surface area contributed by atoms with Gasteiger partial charge < -0.3 is 15.2 Å². The second-order valence-corrected chi connectivity index (χ2v) is 8.00. The minimum absolute atomic E-state index is 0.344. The molecule has 0 atom stereocenters. The monoisotopic (exact) mass is 430 g/mol. The highest BCUT2D eigenvalue weighted by Gasteiger charge is 2.21. The first kappa shape index (κ1) is 20.3. The van der Waals surface area contributed by atoms with E-state index in [4.69, 9.17) is 20.2 Å². The van der Waals surface area contributed by atoms with Crippen LogP contribution in [0.15, 0.2) is 48.7 Å². The van der Waals surface area contributed by atoms with Crippen LogP contribution in [0.3, 0.4) is 0 Å². The molecule has 2 aromatic heterocycles. The van der Waals surface area contributed by atoms with Crippen molar-refractivity contribution in [2.45, 2.75) is 25.9 Å². The number of rotatable bonds is 6. The average Bonchev–Trinajstić information content (AvgIpc) is 3.25. The van der Waals surface area contributed by atoms with Crippen molar-refractivity contribution in [1.82, 2.24) is 24.5 Å². The number of hydrogen-bond acceptors (Lipinski definition) is 7. The van der Waals surface area contributed by atoms with Crippen molar-refractivity contribution in [3.05, 3.63) is 76.7 Å². The molecular weight excluding hydrogens is 404 g/mol. The van der Waals surface area contributed by atoms with Crippen LogP contribution in [-0.2, 0) is 25.9 Å². The molecule has 3 heterocycles. The quantitative estimate of drug-likeness (QED) is 0.503. The van der Waals surface area contributed by atoms with Crippen molar-refractivity contribution in [1.29, 1.82) is 0 Å². The van der Waals surface area contributed by atoms with Gasteiger partial charge in [-0.05, 0) is 35.2 Å². The fourth-order valence-corrected chi connectivity index (χ4v) is 4.26. The van der Waals surface area contributed by atoms with Gasteiger partial charge in [-0.1, -0.05) is 30.3 Å². The van der Waals surface area contributed by atoms with E-state index in [0.29, 0.717) is 18.9 Å². The van der Waals surface area contributed by atoms with Gasteiger partial charge in [0.25, 0.3) is 0 Å². The molecule has 0 aliphatic carbocycles. The molecule has 164 valence electrons. The molecule has 0 spiro atoms. The predicted octanol–water partition coefficient (Wildman–Crippen LogP) is 2.87. The molecular formula is C24H26N6O2. The lowest BCUT2D eigenvalue weighted by atomic mass is 9.98. The molecule has 1 aliphatic rings. The summed E-state index contributed by atoms with van der Waals surface area (Å²) in [5.74, 6) is 2.61. The zero-order chi connectivity index (χ0) is 22.1. The van der Waals surface area contributed by atoms with Gasteiger partial charge in [-0.3, -0.25) is 4.90 Å². The van der Waals surface area contributed by atoms with Gasteiger partial charge in [0, 0.05) is 37.8 Å². The number of aromatic nitrogens is 4. The smallest absolute Gasteiger partial charge is 0.223 e. The number of anilines is 1. The van der Waals surface area contributed by atoms with E-state index < -0.39 is 0 Å². The Morgan fingerprint density at radius 1 is 1.03 bits per heavy atom. The lowest BCUT2D eigenvalue weighted by Gasteiger charge is -2.29. The van der Waals surface area contributed by atoms with Gasteiger partial charge in [-0.25, -0.2) is 9.97 Å². The molecule has 0 fully saturated rings. The van der Waals surface area contributed by atoms with Crippen molar-refractivity contribution in [2.75, 3.05) is 26.5 Å². The summed E-state index contributed by atoms with van der Waals surface area (Å²) in [5, 5.41) is 4.61. The van der Waals surface area contributed by atoms with Crippen LogP contribution in [-0.4, -0.2) is 45.2 Å². The molecule has 0 saturated heterocycles.